The number of nitrogens with zero attached hydrogens (tertiary/aromatic N) is 3. The lowest BCUT2D eigenvalue weighted by Gasteiger charge is -2.31. The molecule has 0 atom stereocenters. The van der Waals surface area contributed by atoms with E-state index in [-0.39, 0.29) is 0 Å². The molecule has 0 spiro atoms. The Kier molecular flexibility index (Phi) is 5.20. The Labute approximate surface area is 157 Å². The van der Waals surface area contributed by atoms with E-state index in [0.717, 1.165) is 30.0 Å². The molecule has 0 N–H and O–H groups in total. The van der Waals surface area contributed by atoms with Gasteiger partial charge in [0.1, 0.15) is 0 Å². The summed E-state index contributed by atoms with van der Waals surface area (Å²) in [5.74, 6) is 0. The minimum absolute atomic E-state index is 0.630. The molecule has 3 aromatic rings. The second kappa shape index (κ2) is 7.73. The second-order valence-corrected chi connectivity index (χ2v) is 8.20. The van der Waals surface area contributed by atoms with E-state index in [4.69, 9.17) is 11.6 Å². The van der Waals surface area contributed by atoms with Gasteiger partial charge in [-0.3, -0.25) is 14.9 Å². The highest BCUT2D eigenvalue weighted by atomic mass is 35.5. The molecule has 3 heterocycles. The van der Waals surface area contributed by atoms with Crippen molar-refractivity contribution in [1.29, 1.82) is 0 Å². The third kappa shape index (κ3) is 4.14. The lowest BCUT2D eigenvalue weighted by atomic mass is 10.1. The van der Waals surface area contributed by atoms with Crippen LogP contribution in [0.1, 0.15) is 18.4 Å². The van der Waals surface area contributed by atoms with Gasteiger partial charge in [0, 0.05) is 46.9 Å². The van der Waals surface area contributed by atoms with Crippen LogP contribution in [0.4, 0.5) is 0 Å². The quantitative estimate of drug-likeness (QED) is 0.644. The van der Waals surface area contributed by atoms with Gasteiger partial charge < -0.3 is 0 Å². The number of fused-ring (bicyclic) bond motifs is 1. The molecule has 0 radical (unpaired) electrons. The summed E-state index contributed by atoms with van der Waals surface area (Å²) in [5, 5.41) is 3.77. The van der Waals surface area contributed by atoms with Crippen LogP contribution in [0.5, 0.6) is 0 Å². The minimum Gasteiger partial charge on any atom is -0.299 e. The molecular formula is C20H20ClN3S. The molecular weight excluding hydrogens is 350 g/mol. The molecule has 1 saturated heterocycles. The molecule has 1 aromatic carbocycles. The van der Waals surface area contributed by atoms with E-state index in [0.29, 0.717) is 5.25 Å². The third-order valence-electron chi connectivity index (χ3n) is 4.68. The Bertz CT molecular complexity index is 848. The van der Waals surface area contributed by atoms with Crippen LogP contribution >= 0.6 is 23.4 Å². The van der Waals surface area contributed by atoms with Gasteiger partial charge in [0.15, 0.2) is 0 Å². The van der Waals surface area contributed by atoms with Crippen molar-refractivity contribution in [2.45, 2.75) is 29.5 Å². The Morgan fingerprint density at radius 3 is 2.56 bits per heavy atom. The van der Waals surface area contributed by atoms with Crippen LogP contribution in [-0.2, 0) is 6.54 Å². The van der Waals surface area contributed by atoms with Gasteiger partial charge in [-0.2, -0.15) is 0 Å². The highest BCUT2D eigenvalue weighted by Crippen LogP contribution is 2.37. The summed E-state index contributed by atoms with van der Waals surface area (Å²) in [5.41, 5.74) is 1.34. The van der Waals surface area contributed by atoms with Crippen LogP contribution in [0.25, 0.3) is 10.8 Å². The lowest BCUT2D eigenvalue weighted by molar-refractivity contribution is 0.225. The number of aromatic nitrogens is 2. The van der Waals surface area contributed by atoms with Gasteiger partial charge in [0.05, 0.1) is 5.02 Å². The Morgan fingerprint density at radius 2 is 1.76 bits per heavy atom. The summed E-state index contributed by atoms with van der Waals surface area (Å²) in [6.45, 7) is 3.29. The van der Waals surface area contributed by atoms with Crippen LogP contribution < -0.4 is 0 Å². The SMILES string of the molecule is Clc1cc2cnccc2cc1SC1CCN(Cc2ccncc2)CC1. The van der Waals surface area contributed by atoms with Gasteiger partial charge in [0.25, 0.3) is 0 Å². The van der Waals surface area contributed by atoms with Crippen molar-refractivity contribution in [1.82, 2.24) is 14.9 Å². The molecule has 0 aliphatic carbocycles. The molecule has 1 aliphatic rings. The maximum Gasteiger partial charge on any atom is 0.0548 e. The number of thioether (sulfide) groups is 1. The van der Waals surface area contributed by atoms with Gasteiger partial charge in [-0.25, -0.2) is 0 Å². The average Bonchev–Trinajstić information content (AvgIpc) is 2.65. The fraction of sp³-hybridized carbons (Fsp3) is 0.300. The predicted octanol–water partition coefficient (Wildman–Crippen LogP) is 5.04. The largest absolute Gasteiger partial charge is 0.299 e. The number of rotatable bonds is 4. The van der Waals surface area contributed by atoms with Crippen LogP contribution in [0.2, 0.25) is 5.02 Å². The lowest BCUT2D eigenvalue weighted by Crippen LogP contribution is -2.34. The Morgan fingerprint density at radius 1 is 1.00 bits per heavy atom. The van der Waals surface area contributed by atoms with E-state index in [9.17, 15) is 0 Å². The van der Waals surface area contributed by atoms with Crippen molar-refractivity contribution < 1.29 is 0 Å². The van der Waals surface area contributed by atoms with Crippen molar-refractivity contribution >= 4 is 34.1 Å². The fourth-order valence-corrected chi connectivity index (χ4v) is 4.77. The smallest absolute Gasteiger partial charge is 0.0548 e. The zero-order valence-electron chi connectivity index (χ0n) is 13.9. The van der Waals surface area contributed by atoms with Gasteiger partial charge in [-0.1, -0.05) is 11.6 Å². The topological polar surface area (TPSA) is 29.0 Å². The van der Waals surface area contributed by atoms with Gasteiger partial charge in [-0.05, 0) is 67.2 Å². The Hall–Kier alpha value is -1.62. The molecule has 128 valence electrons. The number of benzene rings is 1. The van der Waals surface area contributed by atoms with Gasteiger partial charge in [0.2, 0.25) is 0 Å². The van der Waals surface area contributed by atoms with Crippen molar-refractivity contribution in [2.75, 3.05) is 13.1 Å². The Balaban J connectivity index is 1.38. The zero-order chi connectivity index (χ0) is 17.1. The molecule has 0 saturated carbocycles. The van der Waals surface area contributed by atoms with E-state index in [1.54, 1.807) is 0 Å². The molecule has 5 heteroatoms. The summed E-state index contributed by atoms with van der Waals surface area (Å²) in [4.78, 5) is 12.0. The standard InChI is InChI=1S/C20H20ClN3S/c21-19-11-17-13-23-8-3-16(17)12-20(19)25-18-4-9-24(10-5-18)14-15-1-6-22-7-2-15/h1-3,6-8,11-13,18H,4-5,9-10,14H2. The van der Waals surface area contributed by atoms with E-state index in [1.807, 2.05) is 48.7 Å². The van der Waals surface area contributed by atoms with E-state index >= 15 is 0 Å². The summed E-state index contributed by atoms with van der Waals surface area (Å²) >= 11 is 8.42. The molecule has 1 fully saturated rings. The van der Waals surface area contributed by atoms with Crippen molar-refractivity contribution in [2.24, 2.45) is 0 Å². The maximum absolute atomic E-state index is 6.49. The van der Waals surface area contributed by atoms with Gasteiger partial charge >= 0.3 is 0 Å². The highest BCUT2D eigenvalue weighted by Gasteiger charge is 2.21. The highest BCUT2D eigenvalue weighted by molar-refractivity contribution is 8.00. The van der Waals surface area contributed by atoms with E-state index in [1.165, 1.54) is 28.7 Å². The first-order chi connectivity index (χ1) is 12.3. The molecule has 0 amide bonds. The van der Waals surface area contributed by atoms with Crippen molar-refractivity contribution in [3.8, 4) is 0 Å². The van der Waals surface area contributed by atoms with Crippen LogP contribution in [0.15, 0.2) is 60.0 Å². The number of pyridine rings is 2. The minimum atomic E-state index is 0.630. The van der Waals surface area contributed by atoms with Crippen LogP contribution in [0, 0.1) is 0 Å². The summed E-state index contributed by atoms with van der Waals surface area (Å²) in [6, 6.07) is 10.5. The molecule has 0 bridgehead atoms. The van der Waals surface area contributed by atoms with Crippen LogP contribution in [0.3, 0.4) is 0 Å². The molecule has 25 heavy (non-hydrogen) atoms. The molecule has 3 nitrogen and oxygen atoms in total. The number of piperidine rings is 1. The number of hydrogen-bond acceptors (Lipinski definition) is 4. The molecule has 4 rings (SSSR count). The van der Waals surface area contributed by atoms with Crippen molar-refractivity contribution in [3.05, 3.63) is 65.7 Å². The first-order valence-electron chi connectivity index (χ1n) is 8.59. The maximum atomic E-state index is 6.49. The van der Waals surface area contributed by atoms with E-state index in [2.05, 4.69) is 33.1 Å². The monoisotopic (exact) mass is 369 g/mol. The zero-order valence-corrected chi connectivity index (χ0v) is 15.5. The predicted molar refractivity (Wildman–Crippen MR) is 105 cm³/mol. The number of halogens is 1. The first kappa shape index (κ1) is 16.8. The molecule has 2 aromatic heterocycles. The first-order valence-corrected chi connectivity index (χ1v) is 9.85. The molecule has 0 unspecified atom stereocenters. The van der Waals surface area contributed by atoms with E-state index < -0.39 is 0 Å². The van der Waals surface area contributed by atoms with Crippen molar-refractivity contribution in [3.63, 3.8) is 0 Å². The number of hydrogen-bond donors (Lipinski definition) is 0. The van der Waals surface area contributed by atoms with Gasteiger partial charge in [-0.15, -0.1) is 11.8 Å². The summed E-state index contributed by atoms with van der Waals surface area (Å²) in [7, 11) is 0. The normalized spacial score (nSPS) is 16.4. The third-order valence-corrected chi connectivity index (χ3v) is 6.50. The van der Waals surface area contributed by atoms with Crippen LogP contribution in [-0.4, -0.2) is 33.2 Å². The summed E-state index contributed by atoms with van der Waals surface area (Å²) < 4.78 is 0. The molecule has 1 aliphatic heterocycles. The fourth-order valence-electron chi connectivity index (χ4n) is 3.29. The second-order valence-electron chi connectivity index (χ2n) is 6.45. The number of likely N-dealkylation sites (tertiary alicyclic amines) is 1. The summed E-state index contributed by atoms with van der Waals surface area (Å²) in [6.07, 6.45) is 9.83. The average molecular weight is 370 g/mol.